The SMILES string of the molecule is COc1ccc(CCNC(=O)c2nn(C3CCS(=O)(=O)C3)c3c2CCCC3)cc1OC. The zero-order valence-corrected chi connectivity index (χ0v) is 18.8. The quantitative estimate of drug-likeness (QED) is 0.698. The number of carbonyl (C=O) groups excluding carboxylic acids is 1. The number of hydrogen-bond donors (Lipinski definition) is 1. The molecule has 1 atom stereocenters. The predicted molar refractivity (Wildman–Crippen MR) is 117 cm³/mol. The molecule has 9 heteroatoms. The van der Waals surface area contributed by atoms with E-state index in [0.29, 0.717) is 36.6 Å². The van der Waals surface area contributed by atoms with Crippen LogP contribution in [0, 0.1) is 0 Å². The lowest BCUT2D eigenvalue weighted by atomic mass is 9.95. The van der Waals surface area contributed by atoms with Crippen LogP contribution in [0.3, 0.4) is 0 Å². The van der Waals surface area contributed by atoms with E-state index < -0.39 is 9.84 Å². The summed E-state index contributed by atoms with van der Waals surface area (Å²) in [5.41, 5.74) is 3.51. The van der Waals surface area contributed by atoms with Crippen LogP contribution in [0.1, 0.15) is 52.6 Å². The molecule has 1 aliphatic carbocycles. The molecule has 1 aliphatic heterocycles. The van der Waals surface area contributed by atoms with Crippen molar-refractivity contribution in [2.24, 2.45) is 0 Å². The molecule has 8 nitrogen and oxygen atoms in total. The number of nitrogens with zero attached hydrogens (tertiary/aromatic N) is 2. The summed E-state index contributed by atoms with van der Waals surface area (Å²) in [7, 11) is 0.174. The first-order chi connectivity index (χ1) is 14.9. The Morgan fingerprint density at radius 3 is 2.68 bits per heavy atom. The lowest BCUT2D eigenvalue weighted by Gasteiger charge is -2.17. The molecule has 31 heavy (non-hydrogen) atoms. The summed E-state index contributed by atoms with van der Waals surface area (Å²) in [6.45, 7) is 0.466. The number of rotatable bonds is 7. The smallest absolute Gasteiger partial charge is 0.272 e. The van der Waals surface area contributed by atoms with Crippen LogP contribution in [-0.4, -0.2) is 56.4 Å². The second kappa shape index (κ2) is 8.90. The molecule has 2 aromatic rings. The zero-order valence-electron chi connectivity index (χ0n) is 18.0. The topological polar surface area (TPSA) is 99.5 Å². The van der Waals surface area contributed by atoms with E-state index in [1.165, 1.54) is 0 Å². The van der Waals surface area contributed by atoms with Crippen LogP contribution in [0.2, 0.25) is 0 Å². The number of aromatic nitrogens is 2. The molecule has 1 fully saturated rings. The van der Waals surface area contributed by atoms with Gasteiger partial charge >= 0.3 is 0 Å². The fourth-order valence-electron chi connectivity index (χ4n) is 4.52. The van der Waals surface area contributed by atoms with Crippen molar-refractivity contribution in [1.82, 2.24) is 15.1 Å². The van der Waals surface area contributed by atoms with Gasteiger partial charge in [0.05, 0.1) is 31.8 Å². The number of benzene rings is 1. The Morgan fingerprint density at radius 1 is 1.19 bits per heavy atom. The fraction of sp³-hybridized carbons (Fsp3) is 0.545. The summed E-state index contributed by atoms with van der Waals surface area (Å²) in [6, 6.07) is 5.54. The largest absolute Gasteiger partial charge is 0.493 e. The third-order valence-electron chi connectivity index (χ3n) is 6.13. The van der Waals surface area contributed by atoms with Gasteiger partial charge < -0.3 is 14.8 Å². The van der Waals surface area contributed by atoms with Gasteiger partial charge in [0.2, 0.25) is 0 Å². The second-order valence-electron chi connectivity index (χ2n) is 8.18. The zero-order chi connectivity index (χ0) is 22.0. The van der Waals surface area contributed by atoms with Crippen molar-refractivity contribution in [3.05, 3.63) is 40.7 Å². The number of amides is 1. The lowest BCUT2D eigenvalue weighted by Crippen LogP contribution is -2.27. The van der Waals surface area contributed by atoms with E-state index >= 15 is 0 Å². The molecule has 0 radical (unpaired) electrons. The van der Waals surface area contributed by atoms with E-state index in [1.54, 1.807) is 14.2 Å². The summed E-state index contributed by atoms with van der Waals surface area (Å²) in [6.07, 6.45) is 4.93. The van der Waals surface area contributed by atoms with E-state index in [9.17, 15) is 13.2 Å². The first-order valence-electron chi connectivity index (χ1n) is 10.7. The van der Waals surface area contributed by atoms with Gasteiger partial charge in [-0.1, -0.05) is 6.07 Å². The average Bonchev–Trinajstić information content (AvgIpc) is 3.33. The molecule has 0 bridgehead atoms. The van der Waals surface area contributed by atoms with Gasteiger partial charge in [0.1, 0.15) is 0 Å². The number of nitrogens with one attached hydrogen (secondary N) is 1. The molecule has 0 saturated carbocycles. The van der Waals surface area contributed by atoms with Crippen LogP contribution < -0.4 is 14.8 Å². The van der Waals surface area contributed by atoms with Crippen molar-refractivity contribution in [3.63, 3.8) is 0 Å². The van der Waals surface area contributed by atoms with E-state index in [0.717, 1.165) is 42.5 Å². The third-order valence-corrected chi connectivity index (χ3v) is 7.88. The molecule has 1 aromatic carbocycles. The highest BCUT2D eigenvalue weighted by Crippen LogP contribution is 2.31. The first kappa shape index (κ1) is 21.7. The number of carbonyl (C=O) groups is 1. The number of sulfone groups is 1. The summed E-state index contributed by atoms with van der Waals surface area (Å²) >= 11 is 0. The lowest BCUT2D eigenvalue weighted by molar-refractivity contribution is 0.0947. The van der Waals surface area contributed by atoms with E-state index in [4.69, 9.17) is 9.47 Å². The van der Waals surface area contributed by atoms with Crippen LogP contribution in [0.4, 0.5) is 0 Å². The average molecular weight is 448 g/mol. The Morgan fingerprint density at radius 2 is 1.97 bits per heavy atom. The Hall–Kier alpha value is -2.55. The van der Waals surface area contributed by atoms with Gasteiger partial charge in [-0.3, -0.25) is 9.48 Å². The minimum Gasteiger partial charge on any atom is -0.493 e. The monoisotopic (exact) mass is 447 g/mol. The predicted octanol–water partition coefficient (Wildman–Crippen LogP) is 2.11. The second-order valence-corrected chi connectivity index (χ2v) is 10.4. The molecule has 1 saturated heterocycles. The molecule has 168 valence electrons. The van der Waals surface area contributed by atoms with Crippen LogP contribution in [0.5, 0.6) is 11.5 Å². The highest BCUT2D eigenvalue weighted by Gasteiger charge is 2.34. The first-order valence-corrected chi connectivity index (χ1v) is 12.5. The van der Waals surface area contributed by atoms with Gasteiger partial charge in [0.15, 0.2) is 27.0 Å². The van der Waals surface area contributed by atoms with Crippen molar-refractivity contribution >= 4 is 15.7 Å². The van der Waals surface area contributed by atoms with Crippen LogP contribution >= 0.6 is 0 Å². The van der Waals surface area contributed by atoms with Gasteiger partial charge in [0, 0.05) is 17.8 Å². The standard InChI is InChI=1S/C22H29N3O5S/c1-29-19-8-7-15(13-20(19)30-2)9-11-23-22(26)21-17-5-3-4-6-18(17)25(24-21)16-10-12-31(27,28)14-16/h7-8,13,16H,3-6,9-12,14H2,1-2H3,(H,23,26). The summed E-state index contributed by atoms with van der Waals surface area (Å²) in [4.78, 5) is 12.9. The molecule has 1 N–H and O–H groups in total. The Kier molecular flexibility index (Phi) is 6.22. The number of fused-ring (bicyclic) bond motifs is 1. The molecule has 2 aliphatic rings. The molecule has 1 unspecified atom stereocenters. The fourth-order valence-corrected chi connectivity index (χ4v) is 6.21. The molecular formula is C22H29N3O5S. The van der Waals surface area contributed by atoms with Gasteiger partial charge in [-0.25, -0.2) is 8.42 Å². The van der Waals surface area contributed by atoms with Crippen molar-refractivity contribution in [2.45, 2.75) is 44.6 Å². The van der Waals surface area contributed by atoms with Crippen molar-refractivity contribution in [3.8, 4) is 11.5 Å². The minimum absolute atomic E-state index is 0.113. The Balaban J connectivity index is 1.46. The maximum atomic E-state index is 12.9. The molecule has 1 aromatic heterocycles. The molecule has 0 spiro atoms. The summed E-state index contributed by atoms with van der Waals surface area (Å²) < 4.78 is 36.3. The minimum atomic E-state index is -3.02. The normalized spacial score (nSPS) is 19.6. The highest BCUT2D eigenvalue weighted by atomic mass is 32.2. The van der Waals surface area contributed by atoms with Gasteiger partial charge in [-0.2, -0.15) is 5.10 Å². The van der Waals surface area contributed by atoms with Crippen LogP contribution in [0.25, 0.3) is 0 Å². The van der Waals surface area contributed by atoms with Crippen molar-refractivity contribution in [1.29, 1.82) is 0 Å². The van der Waals surface area contributed by atoms with Crippen molar-refractivity contribution in [2.75, 3.05) is 32.3 Å². The van der Waals surface area contributed by atoms with E-state index in [-0.39, 0.29) is 23.5 Å². The van der Waals surface area contributed by atoms with Gasteiger partial charge in [0.25, 0.3) is 5.91 Å². The Bertz CT molecular complexity index is 1080. The van der Waals surface area contributed by atoms with Crippen molar-refractivity contribution < 1.29 is 22.7 Å². The molecular weight excluding hydrogens is 418 g/mol. The Labute approximate surface area is 182 Å². The van der Waals surface area contributed by atoms with Gasteiger partial charge in [-0.15, -0.1) is 0 Å². The molecule has 4 rings (SSSR count). The summed E-state index contributed by atoms with van der Waals surface area (Å²) in [5, 5.41) is 7.60. The van der Waals surface area contributed by atoms with Crippen LogP contribution in [0.15, 0.2) is 18.2 Å². The molecule has 2 heterocycles. The van der Waals surface area contributed by atoms with E-state index in [2.05, 4.69) is 10.4 Å². The highest BCUT2D eigenvalue weighted by molar-refractivity contribution is 7.91. The number of methoxy groups -OCH3 is 2. The number of hydrogen-bond acceptors (Lipinski definition) is 6. The van der Waals surface area contributed by atoms with Gasteiger partial charge in [-0.05, 0) is 56.2 Å². The number of ether oxygens (including phenoxy) is 2. The summed E-state index contributed by atoms with van der Waals surface area (Å²) in [5.74, 6) is 1.44. The van der Waals surface area contributed by atoms with Crippen LogP contribution in [-0.2, 0) is 29.1 Å². The maximum absolute atomic E-state index is 12.9. The van der Waals surface area contributed by atoms with E-state index in [1.807, 2.05) is 22.9 Å². The third kappa shape index (κ3) is 4.56. The molecule has 1 amide bonds. The maximum Gasteiger partial charge on any atom is 0.272 e.